The van der Waals surface area contributed by atoms with Gasteiger partial charge in [-0.25, -0.2) is 15.0 Å². The van der Waals surface area contributed by atoms with E-state index in [4.69, 9.17) is 10.5 Å². The molecule has 1 aliphatic rings. The number of primary amides is 1. The molecular formula is C21H24F3N5O3. The third-order valence-corrected chi connectivity index (χ3v) is 5.47. The average molecular weight is 451 g/mol. The Kier molecular flexibility index (Phi) is 6.38. The van der Waals surface area contributed by atoms with Gasteiger partial charge in [-0.2, -0.15) is 13.2 Å². The van der Waals surface area contributed by atoms with E-state index < -0.39 is 36.1 Å². The molecule has 172 valence electrons. The van der Waals surface area contributed by atoms with Gasteiger partial charge in [0, 0.05) is 17.5 Å². The second-order valence-corrected chi connectivity index (χ2v) is 8.01. The fraction of sp³-hybridized carbons (Fsp3) is 0.476. The molecule has 32 heavy (non-hydrogen) atoms. The summed E-state index contributed by atoms with van der Waals surface area (Å²) in [5.74, 6) is -0.877. The van der Waals surface area contributed by atoms with Crippen molar-refractivity contribution in [3.8, 4) is 5.88 Å². The number of rotatable bonds is 7. The Bertz CT molecular complexity index is 1040. The molecule has 0 bridgehead atoms. The van der Waals surface area contributed by atoms with Crippen LogP contribution in [-0.2, 0) is 10.2 Å². The summed E-state index contributed by atoms with van der Waals surface area (Å²) in [6.45, 7) is 3.54. The molecule has 0 radical (unpaired) electrons. The lowest BCUT2D eigenvalue weighted by molar-refractivity contribution is -0.154. The maximum atomic E-state index is 12.8. The molecule has 0 aromatic carbocycles. The van der Waals surface area contributed by atoms with Crippen molar-refractivity contribution in [2.75, 3.05) is 6.61 Å². The Morgan fingerprint density at radius 1 is 1.25 bits per heavy atom. The highest BCUT2D eigenvalue weighted by Gasteiger charge is 2.47. The molecule has 2 amide bonds. The minimum atomic E-state index is -4.46. The zero-order valence-electron chi connectivity index (χ0n) is 17.9. The number of halogens is 3. The quantitative estimate of drug-likeness (QED) is 0.668. The van der Waals surface area contributed by atoms with Crippen LogP contribution in [0.4, 0.5) is 13.2 Å². The van der Waals surface area contributed by atoms with Crippen molar-refractivity contribution in [1.29, 1.82) is 0 Å². The molecule has 2 aromatic heterocycles. The van der Waals surface area contributed by atoms with Crippen molar-refractivity contribution in [1.82, 2.24) is 20.3 Å². The van der Waals surface area contributed by atoms with E-state index in [1.165, 1.54) is 12.3 Å². The first-order valence-electron chi connectivity index (χ1n) is 10.0. The summed E-state index contributed by atoms with van der Waals surface area (Å²) in [7, 11) is 0. The molecule has 11 heteroatoms. The molecule has 1 unspecified atom stereocenters. The Morgan fingerprint density at radius 3 is 2.47 bits per heavy atom. The molecule has 2 aromatic rings. The zero-order valence-corrected chi connectivity index (χ0v) is 17.9. The van der Waals surface area contributed by atoms with Gasteiger partial charge in [0.15, 0.2) is 6.61 Å². The van der Waals surface area contributed by atoms with Crippen molar-refractivity contribution in [2.24, 2.45) is 5.73 Å². The van der Waals surface area contributed by atoms with Crippen LogP contribution in [0.3, 0.4) is 0 Å². The monoisotopic (exact) mass is 451 g/mol. The summed E-state index contributed by atoms with van der Waals surface area (Å²) in [5, 5.41) is 2.78. The number of hydrogen-bond donors (Lipinski definition) is 2. The van der Waals surface area contributed by atoms with Gasteiger partial charge in [-0.05, 0) is 51.3 Å². The highest BCUT2D eigenvalue weighted by atomic mass is 19.4. The van der Waals surface area contributed by atoms with E-state index in [0.29, 0.717) is 29.7 Å². The highest BCUT2D eigenvalue weighted by Crippen LogP contribution is 2.42. The van der Waals surface area contributed by atoms with Gasteiger partial charge in [0.05, 0.1) is 6.04 Å². The molecule has 1 fully saturated rings. The minimum Gasteiger partial charge on any atom is -0.468 e. The lowest BCUT2D eigenvalue weighted by atomic mass is 9.67. The van der Waals surface area contributed by atoms with Gasteiger partial charge < -0.3 is 15.8 Å². The Morgan fingerprint density at radius 2 is 1.94 bits per heavy atom. The highest BCUT2D eigenvalue weighted by molar-refractivity contribution is 5.93. The summed E-state index contributed by atoms with van der Waals surface area (Å²) in [6, 6.07) is 2.59. The number of carbonyl (C=O) groups excluding carboxylic acids is 2. The standard InChI is InChI=1S/C21H24F3N5O3/c1-11-7-14(9-26-17(11)32-10-21(22,23)24)13(3)28-16(30)15-8-12(2)27-19(29-15)20(18(25)31)5-4-6-20/h7-9,13H,4-6,10H2,1-3H3,(H2,25,31)(H,28,30). The number of ether oxygens (including phenoxy) is 1. The van der Waals surface area contributed by atoms with Gasteiger partial charge in [0.25, 0.3) is 5.91 Å². The lowest BCUT2D eigenvalue weighted by Gasteiger charge is -2.37. The average Bonchev–Trinajstić information content (AvgIpc) is 2.64. The van der Waals surface area contributed by atoms with Crippen molar-refractivity contribution in [3.05, 3.63) is 46.7 Å². The molecule has 1 saturated carbocycles. The summed E-state index contributed by atoms with van der Waals surface area (Å²) >= 11 is 0. The summed E-state index contributed by atoms with van der Waals surface area (Å²) in [6.07, 6.45) is -1.21. The largest absolute Gasteiger partial charge is 0.468 e. The van der Waals surface area contributed by atoms with E-state index >= 15 is 0 Å². The number of alkyl halides is 3. The van der Waals surface area contributed by atoms with Gasteiger partial charge >= 0.3 is 6.18 Å². The van der Waals surface area contributed by atoms with E-state index in [9.17, 15) is 22.8 Å². The number of amides is 2. The molecule has 2 heterocycles. The first kappa shape index (κ1) is 23.4. The van der Waals surface area contributed by atoms with Crippen LogP contribution in [0.2, 0.25) is 0 Å². The second-order valence-electron chi connectivity index (χ2n) is 8.01. The van der Waals surface area contributed by atoms with E-state index in [-0.39, 0.29) is 17.4 Å². The second kappa shape index (κ2) is 8.71. The van der Waals surface area contributed by atoms with Crippen molar-refractivity contribution in [2.45, 2.75) is 57.7 Å². The van der Waals surface area contributed by atoms with Crippen LogP contribution in [0.1, 0.15) is 65.4 Å². The van der Waals surface area contributed by atoms with Gasteiger partial charge in [0.1, 0.15) is 16.9 Å². The smallest absolute Gasteiger partial charge is 0.422 e. The number of aromatic nitrogens is 3. The van der Waals surface area contributed by atoms with Crippen LogP contribution >= 0.6 is 0 Å². The summed E-state index contributed by atoms with van der Waals surface area (Å²) < 4.78 is 41.8. The molecular weight excluding hydrogens is 427 g/mol. The van der Waals surface area contributed by atoms with Gasteiger partial charge in [-0.1, -0.05) is 6.42 Å². The first-order chi connectivity index (χ1) is 14.9. The maximum absolute atomic E-state index is 12.8. The van der Waals surface area contributed by atoms with Crippen molar-refractivity contribution < 1.29 is 27.5 Å². The van der Waals surface area contributed by atoms with Crippen LogP contribution < -0.4 is 15.8 Å². The van der Waals surface area contributed by atoms with Crippen molar-refractivity contribution in [3.63, 3.8) is 0 Å². The van der Waals surface area contributed by atoms with Crippen LogP contribution in [0.25, 0.3) is 0 Å². The van der Waals surface area contributed by atoms with E-state index in [1.54, 1.807) is 26.8 Å². The van der Waals surface area contributed by atoms with Gasteiger partial charge in [-0.15, -0.1) is 0 Å². The maximum Gasteiger partial charge on any atom is 0.422 e. The fourth-order valence-corrected chi connectivity index (χ4v) is 3.49. The molecule has 0 spiro atoms. The number of nitrogens with two attached hydrogens (primary N) is 1. The Labute approximate surface area is 182 Å². The minimum absolute atomic E-state index is 0.0988. The number of nitrogens with zero attached hydrogens (tertiary/aromatic N) is 3. The fourth-order valence-electron chi connectivity index (χ4n) is 3.49. The first-order valence-corrected chi connectivity index (χ1v) is 10.0. The lowest BCUT2D eigenvalue weighted by Crippen LogP contribution is -2.48. The van der Waals surface area contributed by atoms with E-state index in [0.717, 1.165) is 6.42 Å². The molecule has 3 N–H and O–H groups in total. The molecule has 1 aliphatic carbocycles. The van der Waals surface area contributed by atoms with Gasteiger partial charge in [-0.3, -0.25) is 9.59 Å². The van der Waals surface area contributed by atoms with Crippen molar-refractivity contribution >= 4 is 11.8 Å². The molecule has 0 aliphatic heterocycles. The van der Waals surface area contributed by atoms with Crippen LogP contribution in [0.15, 0.2) is 18.3 Å². The van der Waals surface area contributed by atoms with Gasteiger partial charge in [0.2, 0.25) is 11.8 Å². The third-order valence-electron chi connectivity index (χ3n) is 5.47. The summed E-state index contributed by atoms with van der Waals surface area (Å²) in [4.78, 5) is 37.4. The molecule has 3 rings (SSSR count). The Balaban J connectivity index is 1.75. The Hall–Kier alpha value is -3.24. The van der Waals surface area contributed by atoms with E-state index in [2.05, 4.69) is 20.3 Å². The molecule has 8 nitrogen and oxygen atoms in total. The predicted molar refractivity (Wildman–Crippen MR) is 108 cm³/mol. The normalized spacial score (nSPS) is 16.1. The number of pyridine rings is 1. The zero-order chi connectivity index (χ0) is 23.7. The topological polar surface area (TPSA) is 120 Å². The van der Waals surface area contributed by atoms with Crippen LogP contribution in [-0.4, -0.2) is 39.5 Å². The number of aryl methyl sites for hydroxylation is 2. The number of nitrogens with one attached hydrogen (secondary N) is 1. The summed E-state index contributed by atoms with van der Waals surface area (Å²) in [5.41, 5.74) is 6.24. The SMILES string of the molecule is Cc1cc(C(=O)NC(C)c2cnc(OCC(F)(F)F)c(C)c2)nc(C2(C(N)=O)CCC2)n1. The predicted octanol–water partition coefficient (Wildman–Crippen LogP) is 2.83. The van der Waals surface area contributed by atoms with Crippen LogP contribution in [0, 0.1) is 13.8 Å². The molecule has 0 saturated heterocycles. The molecule has 1 atom stereocenters. The third kappa shape index (κ3) is 4.97. The van der Waals surface area contributed by atoms with E-state index in [1.807, 2.05) is 0 Å². The number of carbonyl (C=O) groups is 2. The van der Waals surface area contributed by atoms with Crippen LogP contribution in [0.5, 0.6) is 5.88 Å². The number of hydrogen-bond acceptors (Lipinski definition) is 6.